The zero-order valence-electron chi connectivity index (χ0n) is 14.2. The predicted molar refractivity (Wildman–Crippen MR) is 86.6 cm³/mol. The number of nitrogens with one attached hydrogen (secondary N) is 1. The number of unbranched alkanes of at least 4 members (excludes halogenated alkanes) is 4. The zero-order valence-corrected chi connectivity index (χ0v) is 14.2. The quantitative estimate of drug-likeness (QED) is 0.304. The second-order valence-electron chi connectivity index (χ2n) is 5.15. The Balaban J connectivity index is 4.48. The van der Waals surface area contributed by atoms with Gasteiger partial charge in [0.1, 0.15) is 6.04 Å². The number of primary amides is 1. The molecular weight excluding hydrogens is 316 g/mol. The third-order valence-corrected chi connectivity index (χ3v) is 3.09. The maximum Gasteiger partial charge on any atom is 0.344 e. The maximum atomic E-state index is 11.9. The van der Waals surface area contributed by atoms with Crippen LogP contribution in [-0.4, -0.2) is 43.5 Å². The molecule has 1 atom stereocenters. The monoisotopic (exact) mass is 342 g/mol. The fraction of sp³-hybridized carbons (Fsp3) is 0.625. The Labute approximate surface area is 141 Å². The van der Waals surface area contributed by atoms with Gasteiger partial charge >= 0.3 is 11.9 Å². The van der Waals surface area contributed by atoms with Gasteiger partial charge in [-0.3, -0.25) is 9.59 Å². The van der Waals surface area contributed by atoms with Gasteiger partial charge in [-0.05, 0) is 12.5 Å². The molecule has 0 saturated heterocycles. The molecule has 0 aliphatic rings. The minimum Gasteiger partial charge on any atom is -0.466 e. The predicted octanol–water partition coefficient (Wildman–Crippen LogP) is 0.589. The van der Waals surface area contributed by atoms with Crippen LogP contribution in [0.3, 0.4) is 0 Å². The molecule has 0 fully saturated rings. The number of hydrogen-bond donors (Lipinski definition) is 2. The van der Waals surface area contributed by atoms with E-state index >= 15 is 0 Å². The fourth-order valence-electron chi connectivity index (χ4n) is 1.79. The van der Waals surface area contributed by atoms with E-state index in [1.54, 1.807) is 0 Å². The van der Waals surface area contributed by atoms with Crippen LogP contribution >= 0.6 is 0 Å². The van der Waals surface area contributed by atoms with Crippen LogP contribution in [0.1, 0.15) is 45.4 Å². The van der Waals surface area contributed by atoms with Crippen LogP contribution in [0.4, 0.5) is 0 Å². The summed E-state index contributed by atoms with van der Waals surface area (Å²) >= 11 is 0. The number of rotatable bonds is 12. The second-order valence-corrected chi connectivity index (χ2v) is 5.15. The largest absolute Gasteiger partial charge is 0.466 e. The van der Waals surface area contributed by atoms with Crippen molar-refractivity contribution in [3.8, 4) is 0 Å². The Kier molecular flexibility index (Phi) is 11.8. The second kappa shape index (κ2) is 13.1. The summed E-state index contributed by atoms with van der Waals surface area (Å²) in [5.74, 6) is -2.73. The summed E-state index contributed by atoms with van der Waals surface area (Å²) in [6.45, 7) is 1.52. The van der Waals surface area contributed by atoms with E-state index in [4.69, 9.17) is 10.5 Å². The van der Waals surface area contributed by atoms with Crippen LogP contribution < -0.4 is 11.1 Å². The lowest BCUT2D eigenvalue weighted by Gasteiger charge is -2.14. The van der Waals surface area contributed by atoms with Gasteiger partial charge in [-0.1, -0.05) is 32.6 Å². The lowest BCUT2D eigenvalue weighted by Crippen LogP contribution is -2.41. The SMILES string of the molecule is CCCCCCCC(=O)NC(/C=C/C(N)=O)C(=O)OCC(=O)OC. The Bertz CT molecular complexity index is 461. The van der Waals surface area contributed by atoms with Crippen LogP contribution in [0.25, 0.3) is 0 Å². The molecule has 0 saturated carbocycles. The van der Waals surface area contributed by atoms with Gasteiger partial charge in [0.25, 0.3) is 0 Å². The first-order valence-electron chi connectivity index (χ1n) is 7.91. The van der Waals surface area contributed by atoms with Crippen molar-refractivity contribution in [1.82, 2.24) is 5.32 Å². The van der Waals surface area contributed by atoms with Crippen LogP contribution in [0.5, 0.6) is 0 Å². The third-order valence-electron chi connectivity index (χ3n) is 3.09. The smallest absolute Gasteiger partial charge is 0.344 e. The van der Waals surface area contributed by atoms with E-state index in [-0.39, 0.29) is 12.3 Å². The maximum absolute atomic E-state index is 11.9. The Morgan fingerprint density at radius 2 is 1.79 bits per heavy atom. The summed E-state index contributed by atoms with van der Waals surface area (Å²) < 4.78 is 9.07. The molecule has 1 unspecified atom stereocenters. The molecular formula is C16H26N2O6. The molecule has 24 heavy (non-hydrogen) atoms. The van der Waals surface area contributed by atoms with E-state index in [0.717, 1.165) is 44.9 Å². The first-order chi connectivity index (χ1) is 11.4. The molecule has 0 heterocycles. The molecule has 8 heteroatoms. The molecule has 0 aromatic rings. The van der Waals surface area contributed by atoms with E-state index in [1.807, 2.05) is 0 Å². The standard InChI is InChI=1S/C16H26N2O6/c1-3-4-5-6-7-8-14(20)18-12(9-10-13(17)19)16(22)24-11-15(21)23-2/h9-10,12H,3-8,11H2,1-2H3,(H2,17,19)(H,18,20)/b10-9+. The molecule has 0 spiro atoms. The summed E-state index contributed by atoms with van der Waals surface area (Å²) in [7, 11) is 1.15. The first-order valence-corrected chi connectivity index (χ1v) is 7.91. The number of methoxy groups -OCH3 is 1. The molecule has 136 valence electrons. The molecule has 8 nitrogen and oxygen atoms in total. The van der Waals surface area contributed by atoms with Gasteiger partial charge in [0, 0.05) is 12.5 Å². The third kappa shape index (κ3) is 11.2. The minimum absolute atomic E-state index is 0.259. The van der Waals surface area contributed by atoms with E-state index in [2.05, 4.69) is 17.0 Å². The van der Waals surface area contributed by atoms with Crippen molar-refractivity contribution in [2.24, 2.45) is 5.73 Å². The summed E-state index contributed by atoms with van der Waals surface area (Å²) in [6, 6.07) is -1.19. The lowest BCUT2D eigenvalue weighted by atomic mass is 10.1. The summed E-state index contributed by atoms with van der Waals surface area (Å²) in [5.41, 5.74) is 4.98. The van der Waals surface area contributed by atoms with Crippen LogP contribution in [-0.2, 0) is 28.7 Å². The molecule has 0 radical (unpaired) electrons. The molecule has 0 bridgehead atoms. The van der Waals surface area contributed by atoms with Gasteiger partial charge < -0.3 is 20.5 Å². The number of nitrogens with two attached hydrogens (primary N) is 1. The van der Waals surface area contributed by atoms with Crippen molar-refractivity contribution in [3.63, 3.8) is 0 Å². The first kappa shape index (κ1) is 21.6. The average molecular weight is 342 g/mol. The Morgan fingerprint density at radius 3 is 2.38 bits per heavy atom. The Morgan fingerprint density at radius 1 is 1.12 bits per heavy atom. The van der Waals surface area contributed by atoms with Crippen LogP contribution in [0.2, 0.25) is 0 Å². The van der Waals surface area contributed by atoms with E-state index in [1.165, 1.54) is 0 Å². The highest BCUT2D eigenvalue weighted by atomic mass is 16.6. The van der Waals surface area contributed by atoms with Crippen molar-refractivity contribution in [2.45, 2.75) is 51.5 Å². The molecule has 0 rings (SSSR count). The molecule has 0 aromatic heterocycles. The molecule has 2 amide bonds. The molecule has 3 N–H and O–H groups in total. The zero-order chi connectivity index (χ0) is 18.4. The average Bonchev–Trinajstić information content (AvgIpc) is 2.55. The number of hydrogen-bond acceptors (Lipinski definition) is 6. The normalized spacial score (nSPS) is 11.8. The van der Waals surface area contributed by atoms with Crippen LogP contribution in [0.15, 0.2) is 12.2 Å². The van der Waals surface area contributed by atoms with Crippen molar-refractivity contribution < 1.29 is 28.7 Å². The van der Waals surface area contributed by atoms with Gasteiger partial charge in [0.15, 0.2) is 6.61 Å². The summed E-state index contributed by atoms with van der Waals surface area (Å²) in [4.78, 5) is 45.5. The van der Waals surface area contributed by atoms with Crippen LogP contribution in [0, 0.1) is 0 Å². The van der Waals surface area contributed by atoms with Gasteiger partial charge in [-0.25, -0.2) is 9.59 Å². The highest BCUT2D eigenvalue weighted by Crippen LogP contribution is 2.05. The number of amides is 2. The summed E-state index contributed by atoms with van der Waals surface area (Å²) in [6.07, 6.45) is 7.24. The minimum atomic E-state index is -1.19. The van der Waals surface area contributed by atoms with E-state index < -0.39 is 30.5 Å². The number of esters is 2. The highest BCUT2D eigenvalue weighted by Gasteiger charge is 2.20. The molecule has 0 aliphatic heterocycles. The van der Waals surface area contributed by atoms with E-state index in [0.29, 0.717) is 6.42 Å². The van der Waals surface area contributed by atoms with Crippen molar-refractivity contribution in [3.05, 3.63) is 12.2 Å². The Hall–Kier alpha value is -2.38. The lowest BCUT2D eigenvalue weighted by molar-refractivity contribution is -0.158. The summed E-state index contributed by atoms with van der Waals surface area (Å²) in [5, 5.41) is 2.44. The van der Waals surface area contributed by atoms with E-state index in [9.17, 15) is 19.2 Å². The van der Waals surface area contributed by atoms with Crippen molar-refractivity contribution >= 4 is 23.8 Å². The van der Waals surface area contributed by atoms with Gasteiger partial charge in [-0.15, -0.1) is 0 Å². The van der Waals surface area contributed by atoms with Gasteiger partial charge in [0.2, 0.25) is 11.8 Å². The highest BCUT2D eigenvalue weighted by molar-refractivity contribution is 5.90. The van der Waals surface area contributed by atoms with Gasteiger partial charge in [-0.2, -0.15) is 0 Å². The number of ether oxygens (including phenoxy) is 2. The fourth-order valence-corrected chi connectivity index (χ4v) is 1.79. The number of carbonyl (C=O) groups is 4. The van der Waals surface area contributed by atoms with Gasteiger partial charge in [0.05, 0.1) is 7.11 Å². The molecule has 0 aliphatic carbocycles. The molecule has 0 aromatic carbocycles. The van der Waals surface area contributed by atoms with Crippen molar-refractivity contribution in [2.75, 3.05) is 13.7 Å². The topological polar surface area (TPSA) is 125 Å². The van der Waals surface area contributed by atoms with Crippen molar-refractivity contribution in [1.29, 1.82) is 0 Å². The number of carbonyl (C=O) groups excluding carboxylic acids is 4.